The molecule has 1 aliphatic rings. The van der Waals surface area contributed by atoms with Crippen molar-refractivity contribution >= 4 is 0 Å². The van der Waals surface area contributed by atoms with Crippen molar-refractivity contribution in [2.75, 3.05) is 0 Å². The molecule has 70 valence electrons. The van der Waals surface area contributed by atoms with Crippen molar-refractivity contribution in [2.45, 2.75) is 32.4 Å². The minimum Gasteiger partial charge on any atom is -0.307 e. The smallest absolute Gasteiger partial charge is 0.0294 e. The van der Waals surface area contributed by atoms with Crippen molar-refractivity contribution in [3.63, 3.8) is 0 Å². The second-order valence-electron chi connectivity index (χ2n) is 4.12. The molecule has 0 bridgehead atoms. The van der Waals surface area contributed by atoms with Gasteiger partial charge >= 0.3 is 0 Å². The standard InChI is InChI=1S/C12H17N/c1-9-8-12(9)13-10(2)11-6-4-3-5-7-11/h3-7,9-10,12-13H,8H2,1-2H3. The predicted molar refractivity (Wildman–Crippen MR) is 55.6 cm³/mol. The SMILES string of the molecule is CC(NC1CC1C)c1ccccc1. The third kappa shape index (κ3) is 2.10. The Balaban J connectivity index is 1.94. The summed E-state index contributed by atoms with van der Waals surface area (Å²) in [6, 6.07) is 11.9. The first-order chi connectivity index (χ1) is 6.27. The van der Waals surface area contributed by atoms with E-state index in [1.54, 1.807) is 0 Å². The van der Waals surface area contributed by atoms with Crippen LogP contribution in [0.4, 0.5) is 0 Å². The van der Waals surface area contributed by atoms with Crippen LogP contribution in [0.1, 0.15) is 31.9 Å². The Morgan fingerprint density at radius 1 is 1.31 bits per heavy atom. The zero-order chi connectivity index (χ0) is 9.26. The number of rotatable bonds is 3. The van der Waals surface area contributed by atoms with Gasteiger partial charge in [-0.2, -0.15) is 0 Å². The van der Waals surface area contributed by atoms with Gasteiger partial charge < -0.3 is 5.32 Å². The summed E-state index contributed by atoms with van der Waals surface area (Å²) in [4.78, 5) is 0. The highest BCUT2D eigenvalue weighted by Crippen LogP contribution is 2.31. The highest BCUT2D eigenvalue weighted by molar-refractivity contribution is 5.18. The van der Waals surface area contributed by atoms with Crippen LogP contribution in [-0.2, 0) is 0 Å². The number of hydrogen-bond donors (Lipinski definition) is 1. The van der Waals surface area contributed by atoms with Crippen LogP contribution in [0, 0.1) is 5.92 Å². The normalized spacial score (nSPS) is 28.5. The zero-order valence-corrected chi connectivity index (χ0v) is 8.33. The molecule has 0 radical (unpaired) electrons. The first kappa shape index (κ1) is 8.76. The molecule has 1 aliphatic carbocycles. The third-order valence-corrected chi connectivity index (χ3v) is 2.87. The third-order valence-electron chi connectivity index (χ3n) is 2.87. The van der Waals surface area contributed by atoms with Crippen LogP contribution < -0.4 is 5.32 Å². The monoisotopic (exact) mass is 175 g/mol. The summed E-state index contributed by atoms with van der Waals surface area (Å²) in [6.45, 7) is 4.54. The fourth-order valence-electron chi connectivity index (χ4n) is 1.71. The molecule has 0 aromatic heterocycles. The van der Waals surface area contributed by atoms with Crippen molar-refractivity contribution in [3.05, 3.63) is 35.9 Å². The molecule has 1 heteroatoms. The van der Waals surface area contributed by atoms with Gasteiger partial charge in [-0.3, -0.25) is 0 Å². The van der Waals surface area contributed by atoms with E-state index < -0.39 is 0 Å². The van der Waals surface area contributed by atoms with E-state index in [0.29, 0.717) is 6.04 Å². The van der Waals surface area contributed by atoms with Crippen molar-refractivity contribution < 1.29 is 0 Å². The Labute approximate surface area is 80.2 Å². The quantitative estimate of drug-likeness (QED) is 0.745. The maximum atomic E-state index is 3.62. The molecule has 1 aromatic rings. The Kier molecular flexibility index (Phi) is 2.36. The molecule has 3 atom stereocenters. The molecular formula is C12H17N. The summed E-state index contributed by atoms with van der Waals surface area (Å²) in [7, 11) is 0. The lowest BCUT2D eigenvalue weighted by Crippen LogP contribution is -2.21. The van der Waals surface area contributed by atoms with Crippen molar-refractivity contribution in [1.82, 2.24) is 5.32 Å². The molecule has 1 saturated carbocycles. The van der Waals surface area contributed by atoms with Gasteiger partial charge in [0.25, 0.3) is 0 Å². The van der Waals surface area contributed by atoms with Crippen LogP contribution >= 0.6 is 0 Å². The lowest BCUT2D eigenvalue weighted by Gasteiger charge is -2.13. The predicted octanol–water partition coefficient (Wildman–Crippen LogP) is 2.75. The second kappa shape index (κ2) is 3.51. The van der Waals surface area contributed by atoms with Gasteiger partial charge in [0.1, 0.15) is 0 Å². The summed E-state index contributed by atoms with van der Waals surface area (Å²) < 4.78 is 0. The van der Waals surface area contributed by atoms with Crippen LogP contribution in [0.3, 0.4) is 0 Å². The molecule has 1 nitrogen and oxygen atoms in total. The lowest BCUT2D eigenvalue weighted by atomic mass is 10.1. The Morgan fingerprint density at radius 2 is 1.92 bits per heavy atom. The highest BCUT2D eigenvalue weighted by atomic mass is 15.0. The summed E-state index contributed by atoms with van der Waals surface area (Å²) in [5.74, 6) is 0.881. The molecule has 0 amide bonds. The molecule has 3 unspecified atom stereocenters. The van der Waals surface area contributed by atoms with Crippen LogP contribution in [0.15, 0.2) is 30.3 Å². The molecule has 13 heavy (non-hydrogen) atoms. The van der Waals surface area contributed by atoms with E-state index in [1.807, 2.05) is 0 Å². The average Bonchev–Trinajstić information content (AvgIpc) is 2.83. The van der Waals surface area contributed by atoms with Gasteiger partial charge in [-0.1, -0.05) is 37.3 Å². The molecule has 0 heterocycles. The molecule has 1 N–H and O–H groups in total. The van der Waals surface area contributed by atoms with Gasteiger partial charge in [-0.05, 0) is 24.8 Å². The molecule has 0 saturated heterocycles. The first-order valence-electron chi connectivity index (χ1n) is 5.08. The fraction of sp³-hybridized carbons (Fsp3) is 0.500. The molecule has 2 rings (SSSR count). The zero-order valence-electron chi connectivity index (χ0n) is 8.33. The fourth-order valence-corrected chi connectivity index (χ4v) is 1.71. The van der Waals surface area contributed by atoms with E-state index in [2.05, 4.69) is 49.5 Å². The van der Waals surface area contributed by atoms with Gasteiger partial charge in [0.05, 0.1) is 0 Å². The van der Waals surface area contributed by atoms with Gasteiger partial charge in [-0.25, -0.2) is 0 Å². The summed E-state index contributed by atoms with van der Waals surface area (Å²) in [5, 5.41) is 3.62. The highest BCUT2D eigenvalue weighted by Gasteiger charge is 2.33. The molecule has 0 aliphatic heterocycles. The first-order valence-corrected chi connectivity index (χ1v) is 5.08. The molecular weight excluding hydrogens is 158 g/mol. The van der Waals surface area contributed by atoms with Gasteiger partial charge in [-0.15, -0.1) is 0 Å². The summed E-state index contributed by atoms with van der Waals surface area (Å²) in [5.41, 5.74) is 1.39. The largest absolute Gasteiger partial charge is 0.307 e. The maximum Gasteiger partial charge on any atom is 0.0294 e. The van der Waals surface area contributed by atoms with E-state index in [9.17, 15) is 0 Å². The van der Waals surface area contributed by atoms with Crippen LogP contribution in [-0.4, -0.2) is 6.04 Å². The molecule has 1 fully saturated rings. The van der Waals surface area contributed by atoms with E-state index in [-0.39, 0.29) is 0 Å². The van der Waals surface area contributed by atoms with Crippen molar-refractivity contribution in [3.8, 4) is 0 Å². The topological polar surface area (TPSA) is 12.0 Å². The Bertz CT molecular complexity index is 268. The minimum absolute atomic E-state index is 0.496. The number of benzene rings is 1. The molecule has 0 spiro atoms. The second-order valence-corrected chi connectivity index (χ2v) is 4.12. The lowest BCUT2D eigenvalue weighted by molar-refractivity contribution is 0.552. The minimum atomic E-state index is 0.496. The summed E-state index contributed by atoms with van der Waals surface area (Å²) >= 11 is 0. The number of hydrogen-bond acceptors (Lipinski definition) is 1. The Morgan fingerprint density at radius 3 is 2.46 bits per heavy atom. The van der Waals surface area contributed by atoms with Gasteiger partial charge in [0.15, 0.2) is 0 Å². The summed E-state index contributed by atoms with van der Waals surface area (Å²) in [6.07, 6.45) is 1.34. The number of nitrogens with one attached hydrogen (secondary N) is 1. The van der Waals surface area contributed by atoms with E-state index in [1.165, 1.54) is 12.0 Å². The average molecular weight is 175 g/mol. The maximum absolute atomic E-state index is 3.62. The van der Waals surface area contributed by atoms with E-state index >= 15 is 0 Å². The Hall–Kier alpha value is -0.820. The van der Waals surface area contributed by atoms with E-state index in [4.69, 9.17) is 0 Å². The van der Waals surface area contributed by atoms with Crippen molar-refractivity contribution in [1.29, 1.82) is 0 Å². The van der Waals surface area contributed by atoms with Crippen LogP contribution in [0.25, 0.3) is 0 Å². The van der Waals surface area contributed by atoms with Crippen molar-refractivity contribution in [2.24, 2.45) is 5.92 Å². The van der Waals surface area contributed by atoms with Crippen LogP contribution in [0.2, 0.25) is 0 Å². The van der Waals surface area contributed by atoms with E-state index in [0.717, 1.165) is 12.0 Å². The molecule has 1 aromatic carbocycles. The van der Waals surface area contributed by atoms with Crippen LogP contribution in [0.5, 0.6) is 0 Å². The van der Waals surface area contributed by atoms with Gasteiger partial charge in [0.2, 0.25) is 0 Å². The van der Waals surface area contributed by atoms with Gasteiger partial charge in [0, 0.05) is 12.1 Å².